The lowest BCUT2D eigenvalue weighted by Crippen LogP contribution is -2.66. The summed E-state index contributed by atoms with van der Waals surface area (Å²) in [4.78, 5) is 0. The zero-order valence-electron chi connectivity index (χ0n) is 17.7. The van der Waals surface area contributed by atoms with Crippen LogP contribution < -0.4 is 10.4 Å². The van der Waals surface area contributed by atoms with E-state index in [2.05, 4.69) is 31.2 Å². The molecule has 0 radical (unpaired) electrons. The Hall–Kier alpha value is -2.98. The molecule has 0 saturated heterocycles. The molecular weight excluding hydrogens is 396 g/mol. The zero-order chi connectivity index (χ0) is 21.7. The number of aliphatic hydroxyl groups is 2. The van der Waals surface area contributed by atoms with Crippen molar-refractivity contribution in [2.75, 3.05) is 0 Å². The summed E-state index contributed by atoms with van der Waals surface area (Å²) >= 11 is 0. The standard InChI is InChI=1S/C28H28O2Si/c1-22(27(29)23-14-6-2-7-15-23)31(25-18-10-4-11-19-25,26-20-12-5-13-21-26)28(30)24-16-8-3-9-17-24/h2-22,27-30H,1H3. The topological polar surface area (TPSA) is 40.5 Å². The molecule has 0 aliphatic rings. The van der Waals surface area contributed by atoms with Gasteiger partial charge >= 0.3 is 0 Å². The molecule has 4 rings (SSSR count). The van der Waals surface area contributed by atoms with Gasteiger partial charge in [-0.2, -0.15) is 0 Å². The van der Waals surface area contributed by atoms with E-state index in [-0.39, 0.29) is 5.54 Å². The largest absolute Gasteiger partial charge is 0.391 e. The van der Waals surface area contributed by atoms with Crippen LogP contribution in [0.15, 0.2) is 121 Å². The summed E-state index contributed by atoms with van der Waals surface area (Å²) < 4.78 is 0. The molecule has 31 heavy (non-hydrogen) atoms. The molecule has 0 bridgehead atoms. The van der Waals surface area contributed by atoms with Crippen LogP contribution in [0, 0.1) is 0 Å². The predicted octanol–water partition coefficient (Wildman–Crippen LogP) is 4.65. The first-order valence-electron chi connectivity index (χ1n) is 10.7. The minimum Gasteiger partial charge on any atom is -0.391 e. The van der Waals surface area contributed by atoms with Crippen molar-refractivity contribution in [1.82, 2.24) is 0 Å². The minimum absolute atomic E-state index is 0.185. The molecule has 0 saturated carbocycles. The van der Waals surface area contributed by atoms with E-state index in [1.54, 1.807) is 0 Å². The summed E-state index contributed by atoms with van der Waals surface area (Å²) in [6, 6.07) is 40.2. The van der Waals surface area contributed by atoms with Gasteiger partial charge in [0.25, 0.3) is 0 Å². The van der Waals surface area contributed by atoms with Crippen molar-refractivity contribution in [3.8, 4) is 0 Å². The van der Waals surface area contributed by atoms with Crippen LogP contribution in [0.3, 0.4) is 0 Å². The van der Waals surface area contributed by atoms with Crippen molar-refractivity contribution in [2.24, 2.45) is 0 Å². The average molecular weight is 425 g/mol. The number of aliphatic hydroxyl groups excluding tert-OH is 2. The quantitative estimate of drug-likeness (QED) is 0.424. The minimum atomic E-state index is -2.94. The molecule has 0 fully saturated rings. The number of hydrogen-bond acceptors (Lipinski definition) is 2. The second-order valence-electron chi connectivity index (χ2n) is 8.06. The maximum Gasteiger partial charge on any atom is 0.159 e. The van der Waals surface area contributed by atoms with Crippen LogP contribution >= 0.6 is 0 Å². The highest BCUT2D eigenvalue weighted by Gasteiger charge is 2.51. The second-order valence-corrected chi connectivity index (χ2v) is 12.4. The van der Waals surface area contributed by atoms with Gasteiger partial charge in [0.2, 0.25) is 0 Å². The van der Waals surface area contributed by atoms with Crippen molar-refractivity contribution in [1.29, 1.82) is 0 Å². The van der Waals surface area contributed by atoms with Crippen LogP contribution in [-0.2, 0) is 0 Å². The zero-order valence-corrected chi connectivity index (χ0v) is 18.7. The monoisotopic (exact) mass is 424 g/mol. The van der Waals surface area contributed by atoms with Crippen molar-refractivity contribution >= 4 is 18.4 Å². The van der Waals surface area contributed by atoms with Crippen LogP contribution in [-0.4, -0.2) is 18.3 Å². The summed E-state index contributed by atoms with van der Waals surface area (Å²) in [6.07, 6.45) is -0.702. The number of hydrogen-bond donors (Lipinski definition) is 2. The van der Waals surface area contributed by atoms with Gasteiger partial charge < -0.3 is 10.2 Å². The Morgan fingerprint density at radius 2 is 0.871 bits per heavy atom. The SMILES string of the molecule is CC(C(O)c1ccccc1)[Si](c1ccccc1)(c1ccccc1)C(O)c1ccccc1. The Labute approximate surface area is 185 Å². The van der Waals surface area contributed by atoms with Gasteiger partial charge in [-0.25, -0.2) is 0 Å². The summed E-state index contributed by atoms with van der Waals surface area (Å²) in [5.41, 5.74) is 0.856. The third-order valence-corrected chi connectivity index (χ3v) is 11.9. The Morgan fingerprint density at radius 1 is 0.516 bits per heavy atom. The van der Waals surface area contributed by atoms with Gasteiger partial charge in [-0.1, -0.05) is 139 Å². The third kappa shape index (κ3) is 4.00. The summed E-state index contributed by atoms with van der Waals surface area (Å²) in [7, 11) is -2.94. The molecular formula is C28H28O2Si. The van der Waals surface area contributed by atoms with E-state index >= 15 is 0 Å². The first-order valence-corrected chi connectivity index (χ1v) is 12.9. The average Bonchev–Trinajstić information content (AvgIpc) is 2.86. The van der Waals surface area contributed by atoms with Crippen LogP contribution in [0.5, 0.6) is 0 Å². The van der Waals surface area contributed by atoms with Gasteiger partial charge in [-0.15, -0.1) is 0 Å². The summed E-state index contributed by atoms with van der Waals surface area (Å²) in [5.74, 6) is 0. The molecule has 3 heteroatoms. The molecule has 3 unspecified atom stereocenters. The number of rotatable bonds is 7. The van der Waals surface area contributed by atoms with Crippen LogP contribution in [0.1, 0.15) is 29.9 Å². The molecule has 2 nitrogen and oxygen atoms in total. The van der Waals surface area contributed by atoms with Crippen LogP contribution in [0.25, 0.3) is 0 Å². The van der Waals surface area contributed by atoms with Crippen molar-refractivity contribution < 1.29 is 10.2 Å². The van der Waals surface area contributed by atoms with E-state index in [1.807, 2.05) is 97.1 Å². The Bertz CT molecular complexity index is 1030. The molecule has 0 aliphatic heterocycles. The lowest BCUT2D eigenvalue weighted by atomic mass is 10.1. The molecule has 156 valence electrons. The Kier molecular flexibility index (Phi) is 6.47. The maximum atomic E-state index is 12.1. The molecule has 0 aliphatic carbocycles. The highest BCUT2D eigenvalue weighted by atomic mass is 28.3. The van der Waals surface area contributed by atoms with E-state index in [1.165, 1.54) is 0 Å². The first kappa shape index (κ1) is 21.3. The normalized spacial score (nSPS) is 14.5. The van der Waals surface area contributed by atoms with E-state index in [0.29, 0.717) is 0 Å². The van der Waals surface area contributed by atoms with Gasteiger partial charge in [0.15, 0.2) is 8.07 Å². The van der Waals surface area contributed by atoms with Gasteiger partial charge in [0.1, 0.15) is 0 Å². The molecule has 4 aromatic carbocycles. The maximum absolute atomic E-state index is 12.1. The molecule has 0 heterocycles. The summed E-state index contributed by atoms with van der Waals surface area (Å²) in [6.45, 7) is 2.09. The van der Waals surface area contributed by atoms with Crippen molar-refractivity contribution in [2.45, 2.75) is 24.3 Å². The first-order chi connectivity index (χ1) is 15.2. The molecule has 0 aromatic heterocycles. The van der Waals surface area contributed by atoms with Crippen molar-refractivity contribution in [3.05, 3.63) is 132 Å². The summed E-state index contributed by atoms with van der Waals surface area (Å²) in [5, 5.41) is 25.8. The van der Waals surface area contributed by atoms with Gasteiger partial charge in [-0.05, 0) is 16.7 Å². The highest BCUT2D eigenvalue weighted by molar-refractivity contribution is 7.04. The van der Waals surface area contributed by atoms with E-state index in [9.17, 15) is 10.2 Å². The molecule has 3 atom stereocenters. The Morgan fingerprint density at radius 3 is 1.29 bits per heavy atom. The molecule has 4 aromatic rings. The molecule has 0 amide bonds. The van der Waals surface area contributed by atoms with Crippen LogP contribution in [0.4, 0.5) is 0 Å². The highest BCUT2D eigenvalue weighted by Crippen LogP contribution is 2.41. The predicted molar refractivity (Wildman–Crippen MR) is 130 cm³/mol. The second kappa shape index (κ2) is 9.44. The van der Waals surface area contributed by atoms with Gasteiger partial charge in [0.05, 0.1) is 11.8 Å². The number of benzene rings is 4. The van der Waals surface area contributed by atoms with Crippen molar-refractivity contribution in [3.63, 3.8) is 0 Å². The molecule has 2 N–H and O–H groups in total. The third-order valence-electron chi connectivity index (χ3n) is 6.38. The molecule has 0 spiro atoms. The fourth-order valence-corrected chi connectivity index (χ4v) is 10.2. The smallest absolute Gasteiger partial charge is 0.159 e. The van der Waals surface area contributed by atoms with E-state index < -0.39 is 19.9 Å². The van der Waals surface area contributed by atoms with Crippen LogP contribution in [0.2, 0.25) is 5.54 Å². The fraction of sp³-hybridized carbons (Fsp3) is 0.143. The fourth-order valence-electron chi connectivity index (χ4n) is 4.77. The van der Waals surface area contributed by atoms with Gasteiger partial charge in [0, 0.05) is 0 Å². The Balaban J connectivity index is 1.98. The van der Waals surface area contributed by atoms with E-state index in [4.69, 9.17) is 0 Å². The lowest BCUT2D eigenvalue weighted by molar-refractivity contribution is 0.164. The van der Waals surface area contributed by atoms with Gasteiger partial charge in [-0.3, -0.25) is 0 Å². The van der Waals surface area contributed by atoms with E-state index in [0.717, 1.165) is 21.5 Å². The lowest BCUT2D eigenvalue weighted by Gasteiger charge is -2.44.